The van der Waals surface area contributed by atoms with Crippen LogP contribution in [0.5, 0.6) is 0 Å². The average Bonchev–Trinajstić information content (AvgIpc) is 2.46. The van der Waals surface area contributed by atoms with Gasteiger partial charge in [0.15, 0.2) is 5.78 Å². The molecule has 2 rings (SSSR count). The summed E-state index contributed by atoms with van der Waals surface area (Å²) < 4.78 is 0. The van der Waals surface area contributed by atoms with E-state index in [2.05, 4.69) is 18.8 Å². The lowest BCUT2D eigenvalue weighted by Crippen LogP contribution is -2.14. The minimum atomic E-state index is 0.170. The van der Waals surface area contributed by atoms with Crippen LogP contribution in [0.25, 0.3) is 10.9 Å². The van der Waals surface area contributed by atoms with E-state index >= 15 is 0 Å². The summed E-state index contributed by atoms with van der Waals surface area (Å²) in [5.41, 5.74) is 1.77. The fourth-order valence-corrected chi connectivity index (χ4v) is 2.57. The molecule has 1 aromatic carbocycles. The second-order valence-corrected chi connectivity index (χ2v) is 5.05. The standard InChI is InChI=1S/C17H21NO/c1-3-6-13(7-4-2)17(19)15-9-10-16-14(12-15)8-5-11-18-16/h5,8-13H,3-4,6-7H2,1-2H3. The molecule has 0 radical (unpaired) electrons. The monoisotopic (exact) mass is 255 g/mol. The smallest absolute Gasteiger partial charge is 0.165 e. The number of pyridine rings is 1. The second kappa shape index (κ2) is 6.46. The van der Waals surface area contributed by atoms with Crippen molar-refractivity contribution in [1.82, 2.24) is 4.98 Å². The molecule has 2 heteroatoms. The first-order chi connectivity index (χ1) is 9.26. The van der Waals surface area contributed by atoms with Gasteiger partial charge in [-0.1, -0.05) is 32.8 Å². The Morgan fingerprint density at radius 3 is 2.58 bits per heavy atom. The molecule has 0 fully saturated rings. The van der Waals surface area contributed by atoms with Gasteiger partial charge in [0, 0.05) is 23.1 Å². The minimum Gasteiger partial charge on any atom is -0.294 e. The quantitative estimate of drug-likeness (QED) is 0.704. The summed E-state index contributed by atoms with van der Waals surface area (Å²) in [6.45, 7) is 4.28. The molecule has 1 aromatic heterocycles. The predicted octanol–water partition coefficient (Wildman–Crippen LogP) is 4.63. The van der Waals surface area contributed by atoms with Gasteiger partial charge in [-0.3, -0.25) is 9.78 Å². The van der Waals surface area contributed by atoms with Crippen LogP contribution in [0.4, 0.5) is 0 Å². The maximum absolute atomic E-state index is 12.5. The van der Waals surface area contributed by atoms with E-state index in [1.165, 1.54) is 0 Å². The maximum atomic E-state index is 12.5. The van der Waals surface area contributed by atoms with E-state index < -0.39 is 0 Å². The molecule has 19 heavy (non-hydrogen) atoms. The van der Waals surface area contributed by atoms with E-state index in [9.17, 15) is 4.79 Å². The number of benzene rings is 1. The summed E-state index contributed by atoms with van der Waals surface area (Å²) in [6, 6.07) is 9.75. The van der Waals surface area contributed by atoms with Crippen LogP contribution in [0, 0.1) is 5.92 Å². The first-order valence-electron chi connectivity index (χ1n) is 7.15. The van der Waals surface area contributed by atoms with E-state index in [0.717, 1.165) is 42.1 Å². The van der Waals surface area contributed by atoms with Gasteiger partial charge >= 0.3 is 0 Å². The van der Waals surface area contributed by atoms with Gasteiger partial charge in [0.05, 0.1) is 5.52 Å². The normalized spacial score (nSPS) is 11.1. The highest BCUT2D eigenvalue weighted by molar-refractivity contribution is 6.00. The van der Waals surface area contributed by atoms with Crippen molar-refractivity contribution >= 4 is 16.7 Å². The van der Waals surface area contributed by atoms with Gasteiger partial charge in [0.25, 0.3) is 0 Å². The first-order valence-corrected chi connectivity index (χ1v) is 7.15. The molecular weight excluding hydrogens is 234 g/mol. The van der Waals surface area contributed by atoms with Gasteiger partial charge < -0.3 is 0 Å². The summed E-state index contributed by atoms with van der Waals surface area (Å²) in [6.07, 6.45) is 5.87. The van der Waals surface area contributed by atoms with Gasteiger partial charge in [-0.25, -0.2) is 0 Å². The Kier molecular flexibility index (Phi) is 4.67. The van der Waals surface area contributed by atoms with E-state index in [4.69, 9.17) is 0 Å². The third-order valence-electron chi connectivity index (χ3n) is 3.53. The largest absolute Gasteiger partial charge is 0.294 e. The molecule has 0 aliphatic rings. The van der Waals surface area contributed by atoms with Crippen molar-refractivity contribution in [2.24, 2.45) is 5.92 Å². The van der Waals surface area contributed by atoms with Crippen molar-refractivity contribution in [3.05, 3.63) is 42.1 Å². The Morgan fingerprint density at radius 1 is 1.16 bits per heavy atom. The molecule has 0 saturated heterocycles. The summed E-state index contributed by atoms with van der Waals surface area (Å²) in [5, 5.41) is 1.04. The van der Waals surface area contributed by atoms with Gasteiger partial charge in [-0.15, -0.1) is 0 Å². The average molecular weight is 255 g/mol. The number of nitrogens with zero attached hydrogens (tertiary/aromatic N) is 1. The zero-order valence-electron chi connectivity index (χ0n) is 11.7. The van der Waals surface area contributed by atoms with Gasteiger partial charge in [0.2, 0.25) is 0 Å². The number of Topliss-reactive ketones (excluding diaryl/α,β-unsaturated/α-hetero) is 1. The van der Waals surface area contributed by atoms with Crippen LogP contribution < -0.4 is 0 Å². The lowest BCUT2D eigenvalue weighted by Gasteiger charge is -2.14. The van der Waals surface area contributed by atoms with E-state index in [-0.39, 0.29) is 11.7 Å². The van der Waals surface area contributed by atoms with Crippen molar-refractivity contribution in [3.63, 3.8) is 0 Å². The molecule has 0 atom stereocenters. The zero-order valence-corrected chi connectivity index (χ0v) is 11.7. The van der Waals surface area contributed by atoms with Crippen molar-refractivity contribution in [2.75, 3.05) is 0 Å². The minimum absolute atomic E-state index is 0.170. The molecule has 0 unspecified atom stereocenters. The van der Waals surface area contributed by atoms with Crippen LogP contribution in [0.2, 0.25) is 0 Å². The Bertz CT molecular complexity index is 556. The molecule has 0 aliphatic carbocycles. The Hall–Kier alpha value is -1.70. The molecule has 0 spiro atoms. The highest BCUT2D eigenvalue weighted by Crippen LogP contribution is 2.22. The molecule has 2 nitrogen and oxygen atoms in total. The van der Waals surface area contributed by atoms with Gasteiger partial charge in [-0.2, -0.15) is 0 Å². The Balaban J connectivity index is 2.29. The van der Waals surface area contributed by atoms with Crippen molar-refractivity contribution in [2.45, 2.75) is 39.5 Å². The highest BCUT2D eigenvalue weighted by atomic mass is 16.1. The Morgan fingerprint density at radius 2 is 1.89 bits per heavy atom. The molecule has 0 amide bonds. The number of ketones is 1. The lowest BCUT2D eigenvalue weighted by atomic mass is 9.89. The molecule has 2 aromatic rings. The SMILES string of the molecule is CCCC(CCC)C(=O)c1ccc2ncccc2c1. The first kappa shape index (κ1) is 13.7. The van der Waals surface area contributed by atoms with E-state index in [1.54, 1.807) is 6.20 Å². The number of carbonyl (C=O) groups is 1. The molecule has 0 saturated carbocycles. The fourth-order valence-electron chi connectivity index (χ4n) is 2.57. The van der Waals surface area contributed by atoms with Crippen LogP contribution in [0.1, 0.15) is 49.9 Å². The molecule has 0 bridgehead atoms. The fraction of sp³-hybridized carbons (Fsp3) is 0.412. The van der Waals surface area contributed by atoms with Crippen LogP contribution in [-0.2, 0) is 0 Å². The third-order valence-corrected chi connectivity index (χ3v) is 3.53. The maximum Gasteiger partial charge on any atom is 0.165 e. The van der Waals surface area contributed by atoms with E-state index in [1.807, 2.05) is 30.3 Å². The van der Waals surface area contributed by atoms with Crippen molar-refractivity contribution < 1.29 is 4.79 Å². The van der Waals surface area contributed by atoms with Gasteiger partial charge in [-0.05, 0) is 37.1 Å². The predicted molar refractivity (Wildman–Crippen MR) is 79.4 cm³/mol. The summed E-state index contributed by atoms with van der Waals surface area (Å²) >= 11 is 0. The van der Waals surface area contributed by atoms with Crippen molar-refractivity contribution in [3.8, 4) is 0 Å². The number of aromatic nitrogens is 1. The summed E-state index contributed by atoms with van der Waals surface area (Å²) in [7, 11) is 0. The van der Waals surface area contributed by atoms with Crippen LogP contribution in [0.3, 0.4) is 0 Å². The highest BCUT2D eigenvalue weighted by Gasteiger charge is 2.18. The van der Waals surface area contributed by atoms with Crippen LogP contribution in [0.15, 0.2) is 36.5 Å². The molecular formula is C17H21NO. The lowest BCUT2D eigenvalue weighted by molar-refractivity contribution is 0.0905. The molecule has 0 aliphatic heterocycles. The van der Waals surface area contributed by atoms with Crippen LogP contribution >= 0.6 is 0 Å². The number of carbonyl (C=O) groups excluding carboxylic acids is 1. The molecule has 100 valence electrons. The zero-order chi connectivity index (χ0) is 13.7. The van der Waals surface area contributed by atoms with E-state index in [0.29, 0.717) is 0 Å². The van der Waals surface area contributed by atoms with Crippen LogP contribution in [-0.4, -0.2) is 10.8 Å². The molecule has 0 N–H and O–H groups in total. The second-order valence-electron chi connectivity index (χ2n) is 5.05. The number of hydrogen-bond acceptors (Lipinski definition) is 2. The summed E-state index contributed by atoms with van der Waals surface area (Å²) in [5.74, 6) is 0.457. The number of hydrogen-bond donors (Lipinski definition) is 0. The Labute approximate surface area is 114 Å². The molecule has 1 heterocycles. The number of fused-ring (bicyclic) bond motifs is 1. The van der Waals surface area contributed by atoms with Crippen molar-refractivity contribution in [1.29, 1.82) is 0 Å². The third kappa shape index (κ3) is 3.19. The topological polar surface area (TPSA) is 30.0 Å². The number of rotatable bonds is 6. The summed E-state index contributed by atoms with van der Waals surface area (Å²) in [4.78, 5) is 16.8. The van der Waals surface area contributed by atoms with Gasteiger partial charge in [0.1, 0.15) is 0 Å².